The second-order valence-electron chi connectivity index (χ2n) is 1.77. The lowest BCUT2D eigenvalue weighted by molar-refractivity contribution is -0.802. The summed E-state index contributed by atoms with van der Waals surface area (Å²) in [6.07, 6.45) is 0. The standard InChI is InChI=1S/C3H6O5/c1-3(2)4-6-8-7-5-3/h1-2H3. The topological polar surface area (TPSA) is 46.2 Å². The molecule has 1 fully saturated rings. The summed E-state index contributed by atoms with van der Waals surface area (Å²) in [6, 6.07) is 0. The van der Waals surface area contributed by atoms with Gasteiger partial charge in [0.2, 0.25) is 5.79 Å². The van der Waals surface area contributed by atoms with Crippen molar-refractivity contribution >= 4 is 0 Å². The third-order valence-corrected chi connectivity index (χ3v) is 0.525. The molecule has 0 aromatic carbocycles. The van der Waals surface area contributed by atoms with Crippen LogP contribution in [0.2, 0.25) is 0 Å². The number of hydrogen-bond acceptors (Lipinski definition) is 5. The highest BCUT2D eigenvalue weighted by atomic mass is 17.8. The predicted molar refractivity (Wildman–Crippen MR) is 19.5 cm³/mol. The summed E-state index contributed by atoms with van der Waals surface area (Å²) in [7, 11) is 0. The summed E-state index contributed by atoms with van der Waals surface area (Å²) in [6.45, 7) is 3.21. The van der Waals surface area contributed by atoms with E-state index in [0.29, 0.717) is 0 Å². The van der Waals surface area contributed by atoms with Crippen LogP contribution in [0.25, 0.3) is 0 Å². The highest BCUT2D eigenvalue weighted by molar-refractivity contribution is 4.44. The van der Waals surface area contributed by atoms with Crippen LogP contribution in [0, 0.1) is 0 Å². The molecular weight excluding hydrogens is 116 g/mol. The second-order valence-corrected chi connectivity index (χ2v) is 1.77. The van der Waals surface area contributed by atoms with Crippen LogP contribution in [0.3, 0.4) is 0 Å². The van der Waals surface area contributed by atoms with Gasteiger partial charge in [-0.1, -0.05) is 0 Å². The van der Waals surface area contributed by atoms with Crippen LogP contribution >= 0.6 is 0 Å². The zero-order chi connectivity index (χ0) is 6.04. The van der Waals surface area contributed by atoms with E-state index in [0.717, 1.165) is 0 Å². The molecule has 0 radical (unpaired) electrons. The van der Waals surface area contributed by atoms with Gasteiger partial charge in [-0.05, 0) is 29.0 Å². The van der Waals surface area contributed by atoms with Crippen LogP contribution in [-0.2, 0) is 24.9 Å². The lowest BCUT2D eigenvalue weighted by Crippen LogP contribution is -2.32. The fourth-order valence-electron chi connectivity index (χ4n) is 0.217. The van der Waals surface area contributed by atoms with Gasteiger partial charge in [0.25, 0.3) is 0 Å². The molecule has 0 spiro atoms. The van der Waals surface area contributed by atoms with Crippen LogP contribution in [-0.4, -0.2) is 5.79 Å². The largest absolute Gasteiger partial charge is 0.234 e. The third kappa shape index (κ3) is 1.39. The summed E-state index contributed by atoms with van der Waals surface area (Å²) in [5.41, 5.74) is 0. The smallest absolute Gasteiger partial charge is 0.165 e. The van der Waals surface area contributed by atoms with E-state index >= 15 is 0 Å². The van der Waals surface area contributed by atoms with Crippen LogP contribution < -0.4 is 0 Å². The Morgan fingerprint density at radius 1 is 0.875 bits per heavy atom. The SMILES string of the molecule is CC1(C)OOOOO1. The first-order valence-corrected chi connectivity index (χ1v) is 2.07. The first-order chi connectivity index (χ1) is 3.71. The maximum atomic E-state index is 4.40. The first kappa shape index (κ1) is 5.93. The lowest BCUT2D eigenvalue weighted by atomic mass is 10.4. The van der Waals surface area contributed by atoms with Crippen molar-refractivity contribution in [2.24, 2.45) is 0 Å². The summed E-state index contributed by atoms with van der Waals surface area (Å²) >= 11 is 0. The number of hydrogen-bond donors (Lipinski definition) is 0. The molecule has 1 heterocycles. The van der Waals surface area contributed by atoms with Gasteiger partial charge in [0.05, 0.1) is 0 Å². The minimum absolute atomic E-state index is 0.891. The Hall–Kier alpha value is -0.200. The summed E-state index contributed by atoms with van der Waals surface area (Å²) in [5, 5.41) is 11.6. The monoisotopic (exact) mass is 122 g/mol. The third-order valence-electron chi connectivity index (χ3n) is 0.525. The minimum Gasteiger partial charge on any atom is -0.165 e. The highest BCUT2D eigenvalue weighted by Crippen LogP contribution is 2.16. The average Bonchev–Trinajstić information content (AvgIpc) is 1.65. The van der Waals surface area contributed by atoms with E-state index in [1.165, 1.54) is 0 Å². The van der Waals surface area contributed by atoms with Crippen LogP contribution in [0.15, 0.2) is 0 Å². The van der Waals surface area contributed by atoms with Gasteiger partial charge in [0, 0.05) is 0 Å². The highest BCUT2D eigenvalue weighted by Gasteiger charge is 2.27. The fourth-order valence-corrected chi connectivity index (χ4v) is 0.217. The molecule has 0 unspecified atom stereocenters. The van der Waals surface area contributed by atoms with E-state index < -0.39 is 5.79 Å². The summed E-state index contributed by atoms with van der Waals surface area (Å²) < 4.78 is 0. The van der Waals surface area contributed by atoms with Gasteiger partial charge in [-0.2, -0.15) is 9.78 Å². The van der Waals surface area contributed by atoms with E-state index in [2.05, 4.69) is 24.9 Å². The molecule has 0 aromatic rings. The molecule has 48 valence electrons. The molecule has 1 saturated heterocycles. The molecule has 0 N–H and O–H groups in total. The van der Waals surface area contributed by atoms with Gasteiger partial charge in [-0.25, -0.2) is 0 Å². The van der Waals surface area contributed by atoms with Crippen molar-refractivity contribution in [3.05, 3.63) is 0 Å². The summed E-state index contributed by atoms with van der Waals surface area (Å²) in [4.78, 5) is 8.79. The van der Waals surface area contributed by atoms with E-state index in [-0.39, 0.29) is 0 Å². The molecule has 0 amide bonds. The van der Waals surface area contributed by atoms with E-state index in [4.69, 9.17) is 0 Å². The van der Waals surface area contributed by atoms with Crippen molar-refractivity contribution in [2.75, 3.05) is 0 Å². The Labute approximate surface area is 45.7 Å². The Morgan fingerprint density at radius 2 is 1.38 bits per heavy atom. The molecule has 0 aliphatic carbocycles. The molecule has 0 atom stereocenters. The van der Waals surface area contributed by atoms with Crippen molar-refractivity contribution < 1.29 is 24.9 Å². The zero-order valence-corrected chi connectivity index (χ0v) is 4.54. The van der Waals surface area contributed by atoms with Gasteiger partial charge in [0.15, 0.2) is 0 Å². The molecule has 5 nitrogen and oxygen atoms in total. The Morgan fingerprint density at radius 3 is 1.62 bits per heavy atom. The molecule has 8 heavy (non-hydrogen) atoms. The summed E-state index contributed by atoms with van der Waals surface area (Å²) in [5.74, 6) is -0.891. The molecular formula is C3H6O5. The second kappa shape index (κ2) is 1.96. The predicted octanol–water partition coefficient (Wildman–Crippen LogP) is 0.479. The van der Waals surface area contributed by atoms with Gasteiger partial charge in [0.1, 0.15) is 0 Å². The molecule has 0 saturated carbocycles. The maximum absolute atomic E-state index is 4.40. The van der Waals surface area contributed by atoms with Crippen molar-refractivity contribution in [1.29, 1.82) is 0 Å². The van der Waals surface area contributed by atoms with Crippen LogP contribution in [0.5, 0.6) is 0 Å². The molecule has 1 aliphatic heterocycles. The normalized spacial score (nSPS) is 27.8. The maximum Gasteiger partial charge on any atom is 0.234 e. The first-order valence-electron chi connectivity index (χ1n) is 2.07. The van der Waals surface area contributed by atoms with Gasteiger partial charge >= 0.3 is 0 Å². The quantitative estimate of drug-likeness (QED) is 0.437. The molecule has 1 aliphatic rings. The Kier molecular flexibility index (Phi) is 1.45. The van der Waals surface area contributed by atoms with E-state index in [1.54, 1.807) is 13.8 Å². The van der Waals surface area contributed by atoms with Crippen molar-refractivity contribution in [3.63, 3.8) is 0 Å². The van der Waals surface area contributed by atoms with Crippen molar-refractivity contribution in [2.45, 2.75) is 19.6 Å². The van der Waals surface area contributed by atoms with Gasteiger partial charge < -0.3 is 0 Å². The van der Waals surface area contributed by atoms with Gasteiger partial charge in [-0.15, -0.1) is 0 Å². The van der Waals surface area contributed by atoms with Crippen molar-refractivity contribution in [3.8, 4) is 0 Å². The van der Waals surface area contributed by atoms with E-state index in [1.807, 2.05) is 0 Å². The lowest BCUT2D eigenvalue weighted by Gasteiger charge is -2.22. The Balaban J connectivity index is 2.33. The molecule has 0 bridgehead atoms. The van der Waals surface area contributed by atoms with Crippen LogP contribution in [0.1, 0.15) is 13.8 Å². The van der Waals surface area contributed by atoms with E-state index in [9.17, 15) is 0 Å². The zero-order valence-electron chi connectivity index (χ0n) is 4.54. The molecule has 1 rings (SSSR count). The fraction of sp³-hybridized carbons (Fsp3) is 1.00. The molecule has 5 heteroatoms. The number of rotatable bonds is 0. The van der Waals surface area contributed by atoms with Gasteiger partial charge in [-0.3, -0.25) is 0 Å². The van der Waals surface area contributed by atoms with Crippen molar-refractivity contribution in [1.82, 2.24) is 0 Å². The molecule has 0 aromatic heterocycles. The average molecular weight is 122 g/mol. The Bertz CT molecular complexity index is 71.7. The van der Waals surface area contributed by atoms with Crippen LogP contribution in [0.4, 0.5) is 0 Å². The minimum atomic E-state index is -0.891.